The summed E-state index contributed by atoms with van der Waals surface area (Å²) >= 11 is 12.3. The van der Waals surface area contributed by atoms with E-state index in [1.54, 1.807) is 18.2 Å². The fraction of sp³-hybridized carbons (Fsp3) is 0.353. The third-order valence-corrected chi connectivity index (χ3v) is 6.13. The lowest BCUT2D eigenvalue weighted by atomic mass is 10.1. The predicted molar refractivity (Wildman–Crippen MR) is 112 cm³/mol. The number of halogens is 2. The van der Waals surface area contributed by atoms with Gasteiger partial charge in [0, 0.05) is 15.6 Å². The van der Waals surface area contributed by atoms with Gasteiger partial charge in [0.1, 0.15) is 18.3 Å². The first-order valence-corrected chi connectivity index (χ1v) is 11.6. The zero-order valence-electron chi connectivity index (χ0n) is 16.5. The molecule has 1 aliphatic rings. The molecule has 178 valence electrons. The van der Waals surface area contributed by atoms with E-state index in [1.807, 2.05) is 0 Å². The number of nitrogen functional groups attached to an aromatic ring is 1. The number of phosphoric ester groups is 1. The molecule has 1 fully saturated rings. The zero-order valence-corrected chi connectivity index (χ0v) is 18.9. The van der Waals surface area contributed by atoms with Gasteiger partial charge in [0.05, 0.1) is 13.2 Å². The minimum absolute atomic E-state index is 0.0175. The molecule has 1 aromatic carbocycles. The Hall–Kier alpha value is -2.06. The second-order valence-electron chi connectivity index (χ2n) is 7.32. The number of aliphatic hydroxyl groups is 2. The standard InChI is InChI=1S/C17H18Cl2N5O8P/c18-8-1-2-9(19)7(3-8)4-23-6-24(14-11(23)15(27)22-17(20)21-14)16-13(26)12(25)10(32-16)5-31-33(28,29)30/h1-3,6,10,12-13,16,25-26H,4-5H2,(H4-,20,21,22,27,28,29,30)/t10-,12-,13-,16-/m1/s1. The molecule has 4 rings (SSSR count). The summed E-state index contributed by atoms with van der Waals surface area (Å²) in [5, 5.41) is 21.6. The molecule has 3 heterocycles. The van der Waals surface area contributed by atoms with Crippen molar-refractivity contribution in [3.63, 3.8) is 0 Å². The van der Waals surface area contributed by atoms with E-state index >= 15 is 0 Å². The van der Waals surface area contributed by atoms with Gasteiger partial charge in [-0.3, -0.25) is 18.9 Å². The fourth-order valence-corrected chi connectivity index (χ4v) is 4.30. The number of nitrogens with two attached hydrogens (primary N) is 1. The molecule has 0 radical (unpaired) electrons. The SMILES string of the molecule is Nc1nc2c(c(=O)[nH]1)n(Cc1cc(Cl)ccc1Cl)c[n+]2[C@@H]1O[C@H](COP(=O)([O-])O)[C@@H](O)[C@H]1O. The number of fused-ring (bicyclic) bond motifs is 1. The van der Waals surface area contributed by atoms with Crippen LogP contribution in [0.15, 0.2) is 29.3 Å². The number of nitrogens with zero attached hydrogens (tertiary/aromatic N) is 3. The van der Waals surface area contributed by atoms with Crippen LogP contribution in [0.1, 0.15) is 11.8 Å². The van der Waals surface area contributed by atoms with Gasteiger partial charge in [-0.15, -0.1) is 0 Å². The Labute approximate surface area is 195 Å². The molecule has 3 aromatic rings. The molecule has 2 aromatic heterocycles. The molecular weight excluding hydrogens is 504 g/mol. The quantitative estimate of drug-likeness (QED) is 0.199. The Kier molecular flexibility index (Phi) is 6.53. The number of H-pyrrole nitrogens is 1. The summed E-state index contributed by atoms with van der Waals surface area (Å²) in [7, 11) is -5.08. The number of hydrogen-bond donors (Lipinski definition) is 5. The van der Waals surface area contributed by atoms with Crippen LogP contribution < -0.4 is 20.8 Å². The normalized spacial score (nSPS) is 24.9. The predicted octanol–water partition coefficient (Wildman–Crippen LogP) is -0.954. The first-order valence-electron chi connectivity index (χ1n) is 9.38. The maximum atomic E-state index is 12.7. The van der Waals surface area contributed by atoms with Crippen molar-refractivity contribution in [2.45, 2.75) is 31.1 Å². The molecule has 1 saturated heterocycles. The fourth-order valence-electron chi connectivity index (χ4n) is 3.59. The number of phosphoric acid groups is 1. The zero-order chi connectivity index (χ0) is 24.1. The molecule has 6 N–H and O–H groups in total. The monoisotopic (exact) mass is 521 g/mol. The van der Waals surface area contributed by atoms with Gasteiger partial charge in [-0.1, -0.05) is 28.2 Å². The Morgan fingerprint density at radius 3 is 2.79 bits per heavy atom. The molecule has 0 aliphatic carbocycles. The van der Waals surface area contributed by atoms with Crippen LogP contribution in [0.4, 0.5) is 5.95 Å². The highest BCUT2D eigenvalue weighted by Gasteiger charge is 2.47. The number of ether oxygens (including phenoxy) is 1. The van der Waals surface area contributed by atoms with Crippen LogP contribution in [0.5, 0.6) is 0 Å². The Morgan fingerprint density at radius 2 is 2.09 bits per heavy atom. The minimum Gasteiger partial charge on any atom is -0.756 e. The summed E-state index contributed by atoms with van der Waals surface area (Å²) in [6, 6.07) is 4.82. The molecule has 13 nitrogen and oxygen atoms in total. The third-order valence-electron chi connectivity index (χ3n) is 5.05. The van der Waals surface area contributed by atoms with Crippen LogP contribution in [0.25, 0.3) is 11.2 Å². The van der Waals surface area contributed by atoms with Crippen LogP contribution in [0.2, 0.25) is 10.0 Å². The molecule has 0 bridgehead atoms. The van der Waals surface area contributed by atoms with Gasteiger partial charge in [-0.05, 0) is 18.2 Å². The van der Waals surface area contributed by atoms with Crippen LogP contribution in [-0.4, -0.2) is 54.6 Å². The van der Waals surface area contributed by atoms with Gasteiger partial charge in [-0.25, -0.2) is 4.57 Å². The lowest BCUT2D eigenvalue weighted by Gasteiger charge is -2.19. The van der Waals surface area contributed by atoms with E-state index in [9.17, 15) is 24.5 Å². The second-order valence-corrected chi connectivity index (χ2v) is 9.36. The van der Waals surface area contributed by atoms with Crippen molar-refractivity contribution in [1.29, 1.82) is 0 Å². The van der Waals surface area contributed by atoms with Crippen molar-refractivity contribution < 1.29 is 38.4 Å². The van der Waals surface area contributed by atoms with E-state index < -0.39 is 44.5 Å². The lowest BCUT2D eigenvalue weighted by molar-refractivity contribution is -0.745. The molecule has 16 heteroatoms. The van der Waals surface area contributed by atoms with E-state index in [0.717, 1.165) is 0 Å². The highest BCUT2D eigenvalue weighted by atomic mass is 35.5. The topological polar surface area (TPSA) is 200 Å². The summed E-state index contributed by atoms with van der Waals surface area (Å²) in [5.41, 5.74) is 5.76. The molecule has 0 saturated carbocycles. The number of hydrogen-bond acceptors (Lipinski definition) is 9. The molecule has 33 heavy (non-hydrogen) atoms. The number of benzene rings is 1. The molecule has 1 aliphatic heterocycles. The number of rotatable bonds is 6. The van der Waals surface area contributed by atoms with E-state index in [1.165, 1.54) is 15.5 Å². The van der Waals surface area contributed by atoms with Crippen LogP contribution >= 0.6 is 31.0 Å². The van der Waals surface area contributed by atoms with Gasteiger partial charge >= 0.3 is 5.65 Å². The smallest absolute Gasteiger partial charge is 0.313 e. The van der Waals surface area contributed by atoms with Crippen molar-refractivity contribution in [2.75, 3.05) is 12.3 Å². The highest BCUT2D eigenvalue weighted by molar-refractivity contribution is 7.44. The Bertz CT molecular complexity index is 1310. The summed E-state index contributed by atoms with van der Waals surface area (Å²) in [5.74, 6) is -0.208. The number of aromatic amines is 1. The summed E-state index contributed by atoms with van der Waals surface area (Å²) in [4.78, 5) is 38.8. The summed E-state index contributed by atoms with van der Waals surface area (Å²) < 4.78 is 23.5. The van der Waals surface area contributed by atoms with E-state index in [-0.39, 0.29) is 23.7 Å². The molecule has 0 spiro atoms. The van der Waals surface area contributed by atoms with Crippen LogP contribution in [0.3, 0.4) is 0 Å². The third kappa shape index (κ3) is 4.92. The molecular formula is C17H18Cl2N5O8P. The van der Waals surface area contributed by atoms with Gasteiger partial charge in [0.25, 0.3) is 19.3 Å². The van der Waals surface area contributed by atoms with Crippen molar-refractivity contribution in [3.05, 3.63) is 50.5 Å². The molecule has 0 amide bonds. The summed E-state index contributed by atoms with van der Waals surface area (Å²) in [6.07, 6.45) is -4.35. The van der Waals surface area contributed by atoms with E-state index in [2.05, 4.69) is 14.5 Å². The molecule has 1 unspecified atom stereocenters. The second kappa shape index (κ2) is 8.95. The van der Waals surface area contributed by atoms with Crippen molar-refractivity contribution in [3.8, 4) is 0 Å². The number of nitrogens with one attached hydrogen (secondary N) is 1. The number of imidazole rings is 1. The Balaban J connectivity index is 1.76. The largest absolute Gasteiger partial charge is 0.756 e. The molecule has 5 atom stereocenters. The van der Waals surface area contributed by atoms with Crippen LogP contribution in [-0.2, 0) is 20.4 Å². The maximum absolute atomic E-state index is 12.7. The van der Waals surface area contributed by atoms with Gasteiger partial charge in [0.15, 0.2) is 6.33 Å². The van der Waals surface area contributed by atoms with Crippen molar-refractivity contribution in [1.82, 2.24) is 14.5 Å². The van der Waals surface area contributed by atoms with Crippen molar-refractivity contribution in [2.24, 2.45) is 0 Å². The number of aromatic nitrogens is 4. The first kappa shape index (κ1) is 24.1. The van der Waals surface area contributed by atoms with Crippen LogP contribution in [0, 0.1) is 0 Å². The Morgan fingerprint density at radius 1 is 1.36 bits per heavy atom. The van der Waals surface area contributed by atoms with Gasteiger partial charge < -0.3 is 35.0 Å². The minimum atomic E-state index is -5.08. The van der Waals surface area contributed by atoms with E-state index in [4.69, 9.17) is 38.6 Å². The number of anilines is 1. The first-order chi connectivity index (χ1) is 15.4. The lowest BCUT2D eigenvalue weighted by Crippen LogP contribution is -2.46. The van der Waals surface area contributed by atoms with E-state index in [0.29, 0.717) is 15.6 Å². The van der Waals surface area contributed by atoms with Gasteiger partial charge in [-0.2, -0.15) is 0 Å². The average Bonchev–Trinajstić information content (AvgIpc) is 3.20. The van der Waals surface area contributed by atoms with Crippen molar-refractivity contribution >= 4 is 48.1 Å². The highest BCUT2D eigenvalue weighted by Crippen LogP contribution is 2.34. The average molecular weight is 522 g/mol. The van der Waals surface area contributed by atoms with Gasteiger partial charge in [0.2, 0.25) is 11.7 Å². The number of aliphatic hydroxyl groups excluding tert-OH is 2. The maximum Gasteiger partial charge on any atom is 0.313 e. The summed E-state index contributed by atoms with van der Waals surface area (Å²) in [6.45, 7) is -0.668.